The van der Waals surface area contributed by atoms with Crippen LogP contribution in [0.1, 0.15) is 26.7 Å². The van der Waals surface area contributed by atoms with Crippen molar-refractivity contribution >= 4 is 0 Å². The predicted molar refractivity (Wildman–Crippen MR) is 47.7 cm³/mol. The van der Waals surface area contributed by atoms with Crippen molar-refractivity contribution in [3.8, 4) is 0 Å². The highest BCUT2D eigenvalue weighted by atomic mass is 16.8. The fraction of sp³-hybridized carbons (Fsp3) is 1.00. The molecule has 1 saturated carbocycles. The van der Waals surface area contributed by atoms with Gasteiger partial charge in [-0.1, -0.05) is 0 Å². The molecule has 0 aromatic carbocycles. The van der Waals surface area contributed by atoms with Crippen LogP contribution in [0.2, 0.25) is 0 Å². The minimum atomic E-state index is -0.502. The zero-order chi connectivity index (χ0) is 9.81. The molecule has 2 aliphatic heterocycles. The van der Waals surface area contributed by atoms with E-state index in [4.69, 9.17) is 18.9 Å². The lowest BCUT2D eigenvalue weighted by molar-refractivity contribution is -0.240. The lowest BCUT2D eigenvalue weighted by Gasteiger charge is -2.28. The minimum Gasteiger partial charge on any atom is -0.345 e. The molecule has 0 aromatic heterocycles. The Bertz CT molecular complexity index is 245. The lowest BCUT2D eigenvalue weighted by Crippen LogP contribution is -2.43. The highest BCUT2D eigenvalue weighted by Gasteiger charge is 2.60. The Morgan fingerprint density at radius 3 is 2.50 bits per heavy atom. The summed E-state index contributed by atoms with van der Waals surface area (Å²) in [6.07, 6.45) is 1.95. The number of fused-ring (bicyclic) bond motifs is 2. The summed E-state index contributed by atoms with van der Waals surface area (Å²) >= 11 is 0. The van der Waals surface area contributed by atoms with Gasteiger partial charge in [0, 0.05) is 6.42 Å². The SMILES string of the molecule is CC1(C)O[C@H]2CCC3(OCCO3)[C@H]2O1. The van der Waals surface area contributed by atoms with Crippen LogP contribution in [0.3, 0.4) is 0 Å². The average molecular weight is 200 g/mol. The van der Waals surface area contributed by atoms with E-state index in [1.165, 1.54) is 0 Å². The van der Waals surface area contributed by atoms with Crippen molar-refractivity contribution < 1.29 is 18.9 Å². The molecule has 3 aliphatic rings. The number of ether oxygens (including phenoxy) is 4. The average Bonchev–Trinajstić information content (AvgIpc) is 2.72. The van der Waals surface area contributed by atoms with Crippen molar-refractivity contribution in [3.63, 3.8) is 0 Å². The van der Waals surface area contributed by atoms with Gasteiger partial charge >= 0.3 is 0 Å². The Morgan fingerprint density at radius 1 is 1.07 bits per heavy atom. The van der Waals surface area contributed by atoms with E-state index in [1.807, 2.05) is 13.8 Å². The van der Waals surface area contributed by atoms with Crippen LogP contribution in [-0.2, 0) is 18.9 Å². The van der Waals surface area contributed by atoms with E-state index >= 15 is 0 Å². The van der Waals surface area contributed by atoms with Crippen molar-refractivity contribution in [2.24, 2.45) is 0 Å². The fourth-order valence-electron chi connectivity index (χ4n) is 2.68. The second-order valence-electron chi connectivity index (χ2n) is 4.64. The molecule has 4 nitrogen and oxygen atoms in total. The fourth-order valence-corrected chi connectivity index (χ4v) is 2.68. The Hall–Kier alpha value is -0.160. The Balaban J connectivity index is 1.85. The van der Waals surface area contributed by atoms with Gasteiger partial charge in [-0.05, 0) is 20.3 Å². The molecule has 0 radical (unpaired) electrons. The third kappa shape index (κ3) is 1.15. The molecule has 2 heterocycles. The smallest absolute Gasteiger partial charge is 0.197 e. The van der Waals surface area contributed by atoms with E-state index in [2.05, 4.69) is 0 Å². The first-order chi connectivity index (χ1) is 6.61. The van der Waals surface area contributed by atoms with Gasteiger partial charge in [0.1, 0.15) is 6.10 Å². The molecule has 0 N–H and O–H groups in total. The van der Waals surface area contributed by atoms with Crippen LogP contribution in [0.25, 0.3) is 0 Å². The van der Waals surface area contributed by atoms with Gasteiger partial charge in [0.15, 0.2) is 11.6 Å². The van der Waals surface area contributed by atoms with E-state index in [-0.39, 0.29) is 12.2 Å². The maximum atomic E-state index is 5.84. The molecular weight excluding hydrogens is 184 g/mol. The molecule has 0 amide bonds. The van der Waals surface area contributed by atoms with Crippen molar-refractivity contribution in [1.82, 2.24) is 0 Å². The maximum absolute atomic E-state index is 5.84. The highest BCUT2D eigenvalue weighted by Crippen LogP contribution is 2.47. The third-order valence-corrected chi connectivity index (χ3v) is 3.17. The van der Waals surface area contributed by atoms with Crippen LogP contribution in [0, 0.1) is 0 Å². The molecule has 0 aromatic rings. The summed E-state index contributed by atoms with van der Waals surface area (Å²) in [5.41, 5.74) is 0. The van der Waals surface area contributed by atoms with Gasteiger partial charge in [-0.15, -0.1) is 0 Å². The van der Waals surface area contributed by atoms with Crippen molar-refractivity contribution in [2.45, 2.75) is 50.5 Å². The van der Waals surface area contributed by atoms with E-state index < -0.39 is 11.6 Å². The Kier molecular flexibility index (Phi) is 1.75. The molecule has 1 spiro atoms. The number of hydrogen-bond donors (Lipinski definition) is 0. The molecule has 2 saturated heterocycles. The quantitative estimate of drug-likeness (QED) is 0.585. The second-order valence-corrected chi connectivity index (χ2v) is 4.64. The van der Waals surface area contributed by atoms with Gasteiger partial charge in [0.25, 0.3) is 0 Å². The molecule has 80 valence electrons. The van der Waals surface area contributed by atoms with Crippen molar-refractivity contribution in [3.05, 3.63) is 0 Å². The molecule has 0 unspecified atom stereocenters. The van der Waals surface area contributed by atoms with E-state index in [1.54, 1.807) is 0 Å². The minimum absolute atomic E-state index is 0.0417. The van der Waals surface area contributed by atoms with Crippen LogP contribution in [0.4, 0.5) is 0 Å². The van der Waals surface area contributed by atoms with Gasteiger partial charge in [-0.3, -0.25) is 0 Å². The summed E-state index contributed by atoms with van der Waals surface area (Å²) in [6, 6.07) is 0. The summed E-state index contributed by atoms with van der Waals surface area (Å²) in [5, 5.41) is 0. The molecule has 1 aliphatic carbocycles. The molecule has 2 atom stereocenters. The highest BCUT2D eigenvalue weighted by molar-refractivity contribution is 5.00. The molecule has 3 fully saturated rings. The predicted octanol–water partition coefficient (Wildman–Crippen LogP) is 1.04. The first-order valence-corrected chi connectivity index (χ1v) is 5.25. The second kappa shape index (κ2) is 2.70. The van der Waals surface area contributed by atoms with Gasteiger partial charge in [0.05, 0.1) is 19.3 Å². The number of rotatable bonds is 0. The summed E-state index contributed by atoms with van der Waals surface area (Å²) < 4.78 is 23.0. The van der Waals surface area contributed by atoms with E-state index in [0.717, 1.165) is 12.8 Å². The van der Waals surface area contributed by atoms with Gasteiger partial charge in [0.2, 0.25) is 0 Å². The van der Waals surface area contributed by atoms with Crippen LogP contribution in [0.15, 0.2) is 0 Å². The van der Waals surface area contributed by atoms with Crippen LogP contribution in [-0.4, -0.2) is 37.0 Å². The molecule has 3 rings (SSSR count). The monoisotopic (exact) mass is 200 g/mol. The Labute approximate surface area is 83.5 Å². The van der Waals surface area contributed by atoms with Crippen LogP contribution < -0.4 is 0 Å². The lowest BCUT2D eigenvalue weighted by atomic mass is 10.2. The zero-order valence-electron chi connectivity index (χ0n) is 8.62. The van der Waals surface area contributed by atoms with Crippen LogP contribution in [0.5, 0.6) is 0 Å². The van der Waals surface area contributed by atoms with E-state index in [0.29, 0.717) is 13.2 Å². The van der Waals surface area contributed by atoms with Gasteiger partial charge in [-0.25, -0.2) is 0 Å². The van der Waals surface area contributed by atoms with E-state index in [9.17, 15) is 0 Å². The maximum Gasteiger partial charge on any atom is 0.197 e. The molecule has 0 bridgehead atoms. The molecular formula is C10H16O4. The first kappa shape index (κ1) is 9.09. The van der Waals surface area contributed by atoms with Crippen molar-refractivity contribution in [2.75, 3.05) is 13.2 Å². The molecule has 14 heavy (non-hydrogen) atoms. The normalized spacial score (nSPS) is 43.3. The largest absolute Gasteiger partial charge is 0.345 e. The Morgan fingerprint density at radius 2 is 1.79 bits per heavy atom. The van der Waals surface area contributed by atoms with Gasteiger partial charge < -0.3 is 18.9 Å². The summed E-state index contributed by atoms with van der Waals surface area (Å²) in [4.78, 5) is 0. The standard InChI is InChI=1S/C10H16O4/c1-9(2)13-7-3-4-10(8(7)14-9)11-5-6-12-10/h7-8H,3-6H2,1-2H3/t7-,8-/m0/s1. The summed E-state index contributed by atoms with van der Waals surface area (Å²) in [7, 11) is 0. The summed E-state index contributed by atoms with van der Waals surface area (Å²) in [5.74, 6) is -0.990. The number of hydrogen-bond acceptors (Lipinski definition) is 4. The third-order valence-electron chi connectivity index (χ3n) is 3.17. The van der Waals surface area contributed by atoms with Crippen LogP contribution >= 0.6 is 0 Å². The topological polar surface area (TPSA) is 36.9 Å². The van der Waals surface area contributed by atoms with Crippen molar-refractivity contribution in [1.29, 1.82) is 0 Å². The zero-order valence-corrected chi connectivity index (χ0v) is 8.62. The molecule has 4 heteroatoms. The first-order valence-electron chi connectivity index (χ1n) is 5.25. The van der Waals surface area contributed by atoms with Gasteiger partial charge in [-0.2, -0.15) is 0 Å². The summed E-state index contributed by atoms with van der Waals surface area (Å²) in [6.45, 7) is 5.22.